The lowest BCUT2D eigenvalue weighted by atomic mass is 9.97. The molecule has 1 aromatic heterocycles. The van der Waals surface area contributed by atoms with Crippen molar-refractivity contribution in [2.75, 3.05) is 0 Å². The number of halogens is 2. The van der Waals surface area contributed by atoms with Crippen molar-refractivity contribution in [3.63, 3.8) is 0 Å². The van der Waals surface area contributed by atoms with E-state index in [-0.39, 0.29) is 42.4 Å². The van der Waals surface area contributed by atoms with Crippen molar-refractivity contribution in [2.24, 2.45) is 5.92 Å². The molecule has 6 rings (SSSR count). The fourth-order valence-corrected chi connectivity index (χ4v) is 6.29. The van der Waals surface area contributed by atoms with Crippen molar-refractivity contribution in [2.45, 2.75) is 70.8 Å². The Morgan fingerprint density at radius 2 is 1.80 bits per heavy atom. The summed E-state index contributed by atoms with van der Waals surface area (Å²) < 4.78 is 25.5. The summed E-state index contributed by atoms with van der Waals surface area (Å²) in [6.45, 7) is 5.71. The summed E-state index contributed by atoms with van der Waals surface area (Å²) in [7, 11) is 0. The van der Waals surface area contributed by atoms with Crippen molar-refractivity contribution in [1.29, 1.82) is 0 Å². The van der Waals surface area contributed by atoms with Crippen LogP contribution in [0, 0.1) is 11.7 Å². The van der Waals surface area contributed by atoms with Gasteiger partial charge >= 0.3 is 6.09 Å². The van der Waals surface area contributed by atoms with Gasteiger partial charge in [-0.15, -0.1) is 0 Å². The maximum absolute atomic E-state index is 14.4. The van der Waals surface area contributed by atoms with Crippen LogP contribution in [-0.4, -0.2) is 40.5 Å². The van der Waals surface area contributed by atoms with E-state index >= 15 is 0 Å². The summed E-state index contributed by atoms with van der Waals surface area (Å²) in [4.78, 5) is 40.9. The van der Waals surface area contributed by atoms with Crippen LogP contribution >= 0.6 is 11.6 Å². The molecule has 0 radical (unpaired) electrons. The fourth-order valence-electron chi connectivity index (χ4n) is 6.10. The molecule has 1 aliphatic heterocycles. The molecule has 3 atom stereocenters. The molecular formula is C35H35ClFN3O5. The maximum atomic E-state index is 14.4. The predicted molar refractivity (Wildman–Crippen MR) is 169 cm³/mol. The molecule has 234 valence electrons. The Balaban J connectivity index is 1.17. The normalized spacial score (nSPS) is 18.9. The van der Waals surface area contributed by atoms with Crippen LogP contribution in [0.2, 0.25) is 5.02 Å². The van der Waals surface area contributed by atoms with Gasteiger partial charge in [-0.1, -0.05) is 41.9 Å². The summed E-state index contributed by atoms with van der Waals surface area (Å²) >= 11 is 5.89. The van der Waals surface area contributed by atoms with Crippen LogP contribution in [0.3, 0.4) is 0 Å². The van der Waals surface area contributed by atoms with Crippen LogP contribution in [0.25, 0.3) is 22.1 Å². The molecule has 4 aromatic rings. The second-order valence-electron chi connectivity index (χ2n) is 12.8. The number of benzene rings is 3. The number of hydrogen-bond donors (Lipinski definition) is 2. The lowest BCUT2D eigenvalue weighted by Crippen LogP contribution is -2.48. The van der Waals surface area contributed by atoms with Gasteiger partial charge < -0.3 is 24.7 Å². The standard InChI is InChI=1S/C35H35ClFN3O5/c1-35(2,3)45-34(43)39-18-20-6-4-7-22(12-20)26-14-21(13-23-10-11-44-32(23)26)15-30(41)40-28-16-25(28)17-29(40)33(42)38-19-24-8-5-9-27(36)31(24)37/h4-14,25,28-29H,15-19H2,1-3H3,(H,38,42)(H,39,43)/t25-,28-,29+/m1/s1. The van der Waals surface area contributed by atoms with Gasteiger partial charge in [-0.3, -0.25) is 9.59 Å². The van der Waals surface area contributed by atoms with E-state index in [2.05, 4.69) is 10.6 Å². The zero-order valence-electron chi connectivity index (χ0n) is 25.4. The first-order chi connectivity index (χ1) is 21.5. The number of carbonyl (C=O) groups is 3. The summed E-state index contributed by atoms with van der Waals surface area (Å²) in [5.74, 6) is -0.676. The molecule has 1 saturated heterocycles. The quantitative estimate of drug-likeness (QED) is 0.224. The number of rotatable bonds is 8. The topological polar surface area (TPSA) is 101 Å². The molecule has 2 heterocycles. The first-order valence-corrected chi connectivity index (χ1v) is 15.4. The molecule has 2 N–H and O–H groups in total. The van der Waals surface area contributed by atoms with Gasteiger partial charge in [0.15, 0.2) is 0 Å². The van der Waals surface area contributed by atoms with E-state index in [1.165, 1.54) is 6.07 Å². The molecule has 0 bridgehead atoms. The van der Waals surface area contributed by atoms with Crippen LogP contribution in [0.4, 0.5) is 9.18 Å². The van der Waals surface area contributed by atoms with Crippen molar-refractivity contribution < 1.29 is 27.9 Å². The number of furan rings is 1. The van der Waals surface area contributed by atoms with Crippen LogP contribution in [0.15, 0.2) is 71.3 Å². The molecule has 0 unspecified atom stereocenters. The number of ether oxygens (including phenoxy) is 1. The van der Waals surface area contributed by atoms with E-state index in [1.54, 1.807) is 23.3 Å². The summed E-state index contributed by atoms with van der Waals surface area (Å²) in [5, 5.41) is 6.45. The Kier molecular flexibility index (Phi) is 8.31. The van der Waals surface area contributed by atoms with Crippen LogP contribution in [0.5, 0.6) is 0 Å². The predicted octanol–water partition coefficient (Wildman–Crippen LogP) is 6.77. The minimum absolute atomic E-state index is 0.00109. The zero-order valence-corrected chi connectivity index (χ0v) is 26.1. The van der Waals surface area contributed by atoms with Gasteiger partial charge in [-0.25, -0.2) is 9.18 Å². The average Bonchev–Trinajstić information content (AvgIpc) is 3.39. The summed E-state index contributed by atoms with van der Waals surface area (Å²) in [6.07, 6.45) is 2.71. The molecular weight excluding hydrogens is 597 g/mol. The Bertz CT molecular complexity index is 1780. The SMILES string of the molecule is CC(C)(C)OC(=O)NCc1cccc(-c2cc(CC(=O)N3[C@@H]4C[C@@H]4C[C@H]3C(=O)NCc3cccc(Cl)c3F)cc3ccoc23)c1. The Morgan fingerprint density at radius 3 is 2.60 bits per heavy atom. The highest BCUT2D eigenvalue weighted by Crippen LogP contribution is 2.48. The van der Waals surface area contributed by atoms with E-state index in [9.17, 15) is 18.8 Å². The molecule has 2 aliphatic rings. The minimum Gasteiger partial charge on any atom is -0.464 e. The number of likely N-dealkylation sites (tertiary alicyclic amines) is 1. The van der Waals surface area contributed by atoms with E-state index in [0.717, 1.165) is 34.1 Å². The largest absolute Gasteiger partial charge is 0.464 e. The van der Waals surface area contributed by atoms with Gasteiger partial charge in [-0.2, -0.15) is 0 Å². The molecule has 1 aliphatic carbocycles. The van der Waals surface area contributed by atoms with Crippen LogP contribution in [0.1, 0.15) is 50.3 Å². The summed E-state index contributed by atoms with van der Waals surface area (Å²) in [5.41, 5.74) is 3.77. The molecule has 1 saturated carbocycles. The number of nitrogens with zero attached hydrogens (tertiary/aromatic N) is 1. The molecule has 2 fully saturated rings. The van der Waals surface area contributed by atoms with E-state index in [1.807, 2.05) is 63.2 Å². The molecule has 10 heteroatoms. The van der Waals surface area contributed by atoms with Crippen molar-refractivity contribution >= 4 is 40.5 Å². The van der Waals surface area contributed by atoms with Gasteiger partial charge in [0, 0.05) is 35.6 Å². The van der Waals surface area contributed by atoms with E-state index < -0.39 is 23.6 Å². The highest BCUT2D eigenvalue weighted by atomic mass is 35.5. The monoisotopic (exact) mass is 631 g/mol. The lowest BCUT2D eigenvalue weighted by Gasteiger charge is -2.27. The average molecular weight is 632 g/mol. The van der Waals surface area contributed by atoms with Crippen molar-refractivity contribution in [1.82, 2.24) is 15.5 Å². The third kappa shape index (κ3) is 6.83. The van der Waals surface area contributed by atoms with Gasteiger partial charge in [0.2, 0.25) is 11.8 Å². The Labute approximate surface area is 265 Å². The van der Waals surface area contributed by atoms with E-state index in [0.29, 0.717) is 23.5 Å². The second-order valence-corrected chi connectivity index (χ2v) is 13.2. The Hall–Kier alpha value is -4.37. The summed E-state index contributed by atoms with van der Waals surface area (Å²) in [6, 6.07) is 17.6. The number of piperidine rings is 1. The molecule has 8 nitrogen and oxygen atoms in total. The van der Waals surface area contributed by atoms with Gasteiger partial charge in [0.1, 0.15) is 23.0 Å². The number of nitrogens with one attached hydrogen (secondary N) is 2. The van der Waals surface area contributed by atoms with Gasteiger partial charge in [0.25, 0.3) is 0 Å². The second kappa shape index (κ2) is 12.2. The smallest absolute Gasteiger partial charge is 0.407 e. The molecule has 3 amide bonds. The van der Waals surface area contributed by atoms with E-state index in [4.69, 9.17) is 20.8 Å². The van der Waals surface area contributed by atoms with Crippen LogP contribution in [-0.2, 0) is 33.8 Å². The maximum Gasteiger partial charge on any atom is 0.407 e. The van der Waals surface area contributed by atoms with Crippen molar-refractivity contribution in [3.05, 3.63) is 94.5 Å². The molecule has 3 aromatic carbocycles. The molecule has 45 heavy (non-hydrogen) atoms. The van der Waals surface area contributed by atoms with Crippen molar-refractivity contribution in [3.8, 4) is 11.1 Å². The number of hydrogen-bond acceptors (Lipinski definition) is 5. The number of alkyl carbamates (subject to hydrolysis) is 1. The minimum atomic E-state index is -0.602. The van der Waals surface area contributed by atoms with Gasteiger partial charge in [-0.05, 0) is 86.6 Å². The highest BCUT2D eigenvalue weighted by Gasteiger charge is 2.55. The van der Waals surface area contributed by atoms with Gasteiger partial charge in [0.05, 0.1) is 17.7 Å². The molecule has 0 spiro atoms. The third-order valence-electron chi connectivity index (χ3n) is 8.22. The number of carbonyl (C=O) groups excluding carboxylic acids is 3. The van der Waals surface area contributed by atoms with Crippen LogP contribution < -0.4 is 10.6 Å². The fraction of sp³-hybridized carbons (Fsp3) is 0.343. The first-order valence-electron chi connectivity index (χ1n) is 15.0. The highest BCUT2D eigenvalue weighted by molar-refractivity contribution is 6.30. The third-order valence-corrected chi connectivity index (χ3v) is 8.51. The lowest BCUT2D eigenvalue weighted by molar-refractivity contribution is -0.139. The first kappa shape index (κ1) is 30.6. The Morgan fingerprint density at radius 1 is 1.00 bits per heavy atom. The zero-order chi connectivity index (χ0) is 31.9. The number of amides is 3. The number of fused-ring (bicyclic) bond motifs is 2.